The van der Waals surface area contributed by atoms with Gasteiger partial charge in [0.25, 0.3) is 0 Å². The molecule has 1 unspecified atom stereocenters. The average molecular weight is 242 g/mol. The van der Waals surface area contributed by atoms with Gasteiger partial charge < -0.3 is 10.4 Å². The normalized spacial score (nSPS) is 13.9. The van der Waals surface area contributed by atoms with E-state index in [1.54, 1.807) is 18.2 Å². The van der Waals surface area contributed by atoms with E-state index >= 15 is 0 Å². The molecule has 0 aliphatic heterocycles. The Morgan fingerprint density at radius 2 is 2.06 bits per heavy atom. The molecular formula is C11H12ClNO3. The molecular weight excluding hydrogens is 230 g/mol. The first kappa shape index (κ1) is 12.5. The van der Waals surface area contributed by atoms with E-state index in [9.17, 15) is 9.59 Å². The Balaban J connectivity index is 3.21. The molecule has 1 aromatic rings. The summed E-state index contributed by atoms with van der Waals surface area (Å²) in [5.41, 5.74) is -1.03. The van der Waals surface area contributed by atoms with Crippen LogP contribution in [-0.2, 0) is 15.1 Å². The molecule has 0 aromatic heterocycles. The number of hydrogen-bond donors (Lipinski definition) is 2. The van der Waals surface area contributed by atoms with Gasteiger partial charge in [-0.05, 0) is 24.6 Å². The number of amides is 1. The van der Waals surface area contributed by atoms with E-state index < -0.39 is 17.4 Å². The predicted octanol–water partition coefficient (Wildman–Crippen LogP) is 1.78. The Morgan fingerprint density at radius 3 is 2.50 bits per heavy atom. The van der Waals surface area contributed by atoms with Crippen LogP contribution in [0.15, 0.2) is 24.3 Å². The molecule has 86 valence electrons. The molecule has 0 saturated heterocycles. The van der Waals surface area contributed by atoms with Gasteiger partial charge in [0.05, 0.1) is 0 Å². The lowest BCUT2D eigenvalue weighted by Crippen LogP contribution is -2.48. The first-order valence-corrected chi connectivity index (χ1v) is 5.02. The number of carboxylic acid groups (broad SMARTS) is 1. The maximum atomic E-state index is 11.2. The lowest BCUT2D eigenvalue weighted by molar-refractivity contribution is -0.147. The van der Waals surface area contributed by atoms with Crippen molar-refractivity contribution in [3.63, 3.8) is 0 Å². The van der Waals surface area contributed by atoms with Crippen molar-refractivity contribution in [3.8, 4) is 0 Å². The van der Waals surface area contributed by atoms with E-state index in [1.165, 1.54) is 19.9 Å². The zero-order valence-corrected chi connectivity index (χ0v) is 9.71. The van der Waals surface area contributed by atoms with Crippen molar-refractivity contribution >= 4 is 23.5 Å². The van der Waals surface area contributed by atoms with Crippen LogP contribution in [0.3, 0.4) is 0 Å². The Labute approximate surface area is 98.2 Å². The molecule has 1 atom stereocenters. The van der Waals surface area contributed by atoms with Crippen LogP contribution in [0.2, 0.25) is 5.02 Å². The van der Waals surface area contributed by atoms with E-state index in [1.807, 2.05) is 0 Å². The first-order valence-electron chi connectivity index (χ1n) is 4.64. The minimum Gasteiger partial charge on any atom is -0.479 e. The summed E-state index contributed by atoms with van der Waals surface area (Å²) in [6.45, 7) is 2.69. The third kappa shape index (κ3) is 2.52. The van der Waals surface area contributed by atoms with Crippen LogP contribution in [0, 0.1) is 0 Å². The molecule has 1 amide bonds. The highest BCUT2D eigenvalue weighted by Gasteiger charge is 2.36. The number of benzene rings is 1. The quantitative estimate of drug-likeness (QED) is 0.848. The predicted molar refractivity (Wildman–Crippen MR) is 60.3 cm³/mol. The van der Waals surface area contributed by atoms with Crippen LogP contribution in [0.1, 0.15) is 19.4 Å². The third-order valence-electron chi connectivity index (χ3n) is 2.26. The fraction of sp³-hybridized carbons (Fsp3) is 0.273. The summed E-state index contributed by atoms with van der Waals surface area (Å²) in [4.78, 5) is 22.2. The summed E-state index contributed by atoms with van der Waals surface area (Å²) in [7, 11) is 0. The van der Waals surface area contributed by atoms with E-state index in [4.69, 9.17) is 16.7 Å². The molecule has 0 aliphatic carbocycles. The molecule has 0 aliphatic rings. The van der Waals surface area contributed by atoms with Crippen molar-refractivity contribution in [1.29, 1.82) is 0 Å². The molecule has 0 saturated carbocycles. The summed E-state index contributed by atoms with van der Waals surface area (Å²) < 4.78 is 0. The fourth-order valence-electron chi connectivity index (χ4n) is 1.40. The standard InChI is InChI=1S/C11H12ClNO3/c1-7(14)13-11(2,10(15)16)8-4-3-5-9(12)6-8/h3-6H,1-2H3,(H,13,14)(H,15,16). The van der Waals surface area contributed by atoms with Gasteiger partial charge in [0.15, 0.2) is 5.54 Å². The number of nitrogens with one attached hydrogen (secondary N) is 1. The first-order chi connectivity index (χ1) is 7.36. The summed E-state index contributed by atoms with van der Waals surface area (Å²) in [5, 5.41) is 12.0. The number of carboxylic acids is 1. The number of hydrogen-bond acceptors (Lipinski definition) is 2. The number of carbonyl (C=O) groups excluding carboxylic acids is 1. The summed E-state index contributed by atoms with van der Waals surface area (Å²) in [6, 6.07) is 6.41. The minimum atomic E-state index is -1.46. The molecule has 5 heteroatoms. The highest BCUT2D eigenvalue weighted by molar-refractivity contribution is 6.30. The minimum absolute atomic E-state index is 0.412. The molecule has 4 nitrogen and oxygen atoms in total. The van der Waals surface area contributed by atoms with Crippen LogP contribution in [0.4, 0.5) is 0 Å². The van der Waals surface area contributed by atoms with Gasteiger partial charge in [-0.15, -0.1) is 0 Å². The van der Waals surface area contributed by atoms with E-state index in [0.717, 1.165) is 0 Å². The van der Waals surface area contributed by atoms with Crippen LogP contribution in [0.5, 0.6) is 0 Å². The van der Waals surface area contributed by atoms with Gasteiger partial charge in [-0.2, -0.15) is 0 Å². The molecule has 16 heavy (non-hydrogen) atoms. The van der Waals surface area contributed by atoms with Gasteiger partial charge in [0.2, 0.25) is 5.91 Å². The second-order valence-corrected chi connectivity index (χ2v) is 4.06. The van der Waals surface area contributed by atoms with Crippen LogP contribution >= 0.6 is 11.6 Å². The van der Waals surface area contributed by atoms with Crippen molar-refractivity contribution in [1.82, 2.24) is 5.32 Å². The van der Waals surface area contributed by atoms with Crippen molar-refractivity contribution in [3.05, 3.63) is 34.9 Å². The highest BCUT2D eigenvalue weighted by Crippen LogP contribution is 2.23. The average Bonchev–Trinajstić information content (AvgIpc) is 2.16. The maximum absolute atomic E-state index is 11.2. The number of halogens is 1. The van der Waals surface area contributed by atoms with Crippen molar-refractivity contribution in [2.24, 2.45) is 0 Å². The van der Waals surface area contributed by atoms with E-state index in [2.05, 4.69) is 5.32 Å². The second-order valence-electron chi connectivity index (χ2n) is 3.62. The van der Waals surface area contributed by atoms with Gasteiger partial charge >= 0.3 is 5.97 Å². The van der Waals surface area contributed by atoms with Crippen molar-refractivity contribution in [2.75, 3.05) is 0 Å². The second kappa shape index (κ2) is 4.53. The molecule has 2 N–H and O–H groups in total. The smallest absolute Gasteiger partial charge is 0.333 e. The lowest BCUT2D eigenvalue weighted by atomic mass is 9.92. The zero-order chi connectivity index (χ0) is 12.3. The highest BCUT2D eigenvalue weighted by atomic mass is 35.5. The molecule has 0 heterocycles. The Bertz CT molecular complexity index is 433. The largest absolute Gasteiger partial charge is 0.479 e. The number of carbonyl (C=O) groups is 2. The fourth-order valence-corrected chi connectivity index (χ4v) is 1.59. The summed E-state index contributed by atoms with van der Waals surface area (Å²) in [5.74, 6) is -1.55. The SMILES string of the molecule is CC(=O)NC(C)(C(=O)O)c1cccc(Cl)c1. The topological polar surface area (TPSA) is 66.4 Å². The molecule has 0 radical (unpaired) electrons. The van der Waals surface area contributed by atoms with Crippen LogP contribution < -0.4 is 5.32 Å². The molecule has 0 bridgehead atoms. The van der Waals surface area contributed by atoms with Gasteiger partial charge in [-0.3, -0.25) is 4.79 Å². The van der Waals surface area contributed by atoms with Gasteiger partial charge in [-0.1, -0.05) is 23.7 Å². The number of aliphatic carboxylic acids is 1. The van der Waals surface area contributed by atoms with Crippen molar-refractivity contribution < 1.29 is 14.7 Å². The Kier molecular flexibility index (Phi) is 3.55. The third-order valence-corrected chi connectivity index (χ3v) is 2.49. The molecule has 0 spiro atoms. The molecule has 0 fully saturated rings. The summed E-state index contributed by atoms with van der Waals surface area (Å²) >= 11 is 5.79. The zero-order valence-electron chi connectivity index (χ0n) is 8.95. The van der Waals surface area contributed by atoms with Crippen LogP contribution in [-0.4, -0.2) is 17.0 Å². The Morgan fingerprint density at radius 1 is 1.44 bits per heavy atom. The van der Waals surface area contributed by atoms with Gasteiger partial charge in [0.1, 0.15) is 0 Å². The lowest BCUT2D eigenvalue weighted by Gasteiger charge is -2.26. The molecule has 1 aromatic carbocycles. The number of rotatable bonds is 3. The summed E-state index contributed by atoms with van der Waals surface area (Å²) in [6.07, 6.45) is 0. The maximum Gasteiger partial charge on any atom is 0.333 e. The van der Waals surface area contributed by atoms with E-state index in [-0.39, 0.29) is 0 Å². The Hall–Kier alpha value is -1.55. The van der Waals surface area contributed by atoms with E-state index in [0.29, 0.717) is 10.6 Å². The van der Waals surface area contributed by atoms with Gasteiger partial charge in [-0.25, -0.2) is 4.79 Å². The monoisotopic (exact) mass is 241 g/mol. The molecule has 1 rings (SSSR count). The van der Waals surface area contributed by atoms with Crippen molar-refractivity contribution in [2.45, 2.75) is 19.4 Å². The van der Waals surface area contributed by atoms with Crippen LogP contribution in [0.25, 0.3) is 0 Å². The van der Waals surface area contributed by atoms with Gasteiger partial charge in [0, 0.05) is 11.9 Å².